The molecule has 76 valence electrons. The molecule has 0 heterocycles. The Morgan fingerprint density at radius 1 is 1.46 bits per heavy atom. The molecule has 0 radical (unpaired) electrons. The molecule has 0 atom stereocenters. The lowest BCUT2D eigenvalue weighted by atomic mass is 10.0. The van der Waals surface area contributed by atoms with Crippen molar-refractivity contribution in [3.63, 3.8) is 0 Å². The Labute approximate surface area is 83.6 Å². The van der Waals surface area contributed by atoms with Crippen LogP contribution in [0.2, 0.25) is 0 Å². The van der Waals surface area contributed by atoms with Gasteiger partial charge in [0.25, 0.3) is 0 Å². The van der Waals surface area contributed by atoms with Crippen LogP contribution in [0, 0.1) is 0 Å². The number of amides is 1. The molecular weight excluding hydrogens is 188 g/mol. The van der Waals surface area contributed by atoms with Crippen LogP contribution in [0.4, 0.5) is 4.79 Å². The molecule has 4 N–H and O–H groups in total. The average molecular weight is 204 g/mol. The van der Waals surface area contributed by atoms with E-state index < -0.39 is 11.7 Å². The topological polar surface area (TPSA) is 78.3 Å². The summed E-state index contributed by atoms with van der Waals surface area (Å²) < 4.78 is 4.87. The first-order valence-corrected chi connectivity index (χ1v) is 4.51. The Balaban J connectivity index is 3.75. The van der Waals surface area contributed by atoms with Crippen molar-refractivity contribution in [2.45, 2.75) is 38.7 Å². The third kappa shape index (κ3) is 7.52. The third-order valence-electron chi connectivity index (χ3n) is 1.58. The van der Waals surface area contributed by atoms with Gasteiger partial charge in [0, 0.05) is 0 Å². The zero-order valence-corrected chi connectivity index (χ0v) is 8.82. The van der Waals surface area contributed by atoms with Gasteiger partial charge in [-0.15, -0.1) is 0 Å². The fourth-order valence-corrected chi connectivity index (χ4v) is 1.16. The van der Waals surface area contributed by atoms with Crippen molar-refractivity contribution >= 4 is 23.3 Å². The molecule has 13 heavy (non-hydrogen) atoms. The highest BCUT2D eigenvalue weighted by Gasteiger charge is 2.20. The molecule has 5 heteroatoms. The van der Waals surface area contributed by atoms with Gasteiger partial charge in [-0.05, 0) is 33.1 Å². The molecule has 1 amide bonds. The lowest BCUT2D eigenvalue weighted by Gasteiger charge is -2.23. The van der Waals surface area contributed by atoms with Crippen LogP contribution in [0.15, 0.2) is 0 Å². The maximum absolute atomic E-state index is 10.5. The molecule has 0 aromatic heterocycles. The smallest absolute Gasteiger partial charge is 0.405 e. The molecule has 0 aliphatic rings. The molecule has 0 rings (SSSR count). The van der Waals surface area contributed by atoms with Gasteiger partial charge in [0.1, 0.15) is 5.60 Å². The van der Waals surface area contributed by atoms with Gasteiger partial charge in [0.15, 0.2) is 0 Å². The largest absolute Gasteiger partial charge is 0.444 e. The highest BCUT2D eigenvalue weighted by atomic mass is 32.1. The molecule has 4 nitrogen and oxygen atoms in total. The van der Waals surface area contributed by atoms with E-state index in [1.807, 2.05) is 0 Å². The van der Waals surface area contributed by atoms with Gasteiger partial charge >= 0.3 is 6.09 Å². The standard InChI is InChI=1S/C8H16N2O2S/c1-8(2,12-7(10)11)5-3-4-6(9)13/h3-5H2,1-2H3,(H2,9,13)(H2,10,11). The Hall–Kier alpha value is -0.840. The van der Waals surface area contributed by atoms with E-state index in [0.29, 0.717) is 17.8 Å². The monoisotopic (exact) mass is 204 g/mol. The SMILES string of the molecule is CC(C)(CCCC(N)=S)OC(N)=O. The number of rotatable bonds is 5. The maximum Gasteiger partial charge on any atom is 0.405 e. The van der Waals surface area contributed by atoms with Gasteiger partial charge in [-0.25, -0.2) is 4.79 Å². The Morgan fingerprint density at radius 3 is 2.38 bits per heavy atom. The van der Waals surface area contributed by atoms with E-state index >= 15 is 0 Å². The number of primary amides is 1. The van der Waals surface area contributed by atoms with Crippen LogP contribution >= 0.6 is 12.2 Å². The summed E-state index contributed by atoms with van der Waals surface area (Å²) >= 11 is 4.72. The predicted molar refractivity (Wildman–Crippen MR) is 55.4 cm³/mol. The van der Waals surface area contributed by atoms with E-state index in [9.17, 15) is 4.79 Å². The number of thiocarbonyl (C=S) groups is 1. The van der Waals surface area contributed by atoms with Crippen molar-refractivity contribution in [3.8, 4) is 0 Å². The lowest BCUT2D eigenvalue weighted by molar-refractivity contribution is 0.0381. The number of carbonyl (C=O) groups is 1. The first-order valence-electron chi connectivity index (χ1n) is 4.10. The summed E-state index contributed by atoms with van der Waals surface area (Å²) in [4.78, 5) is 10.9. The summed E-state index contributed by atoms with van der Waals surface area (Å²) in [5.41, 5.74) is 9.69. The van der Waals surface area contributed by atoms with Gasteiger partial charge in [-0.3, -0.25) is 0 Å². The third-order valence-corrected chi connectivity index (χ3v) is 1.78. The summed E-state index contributed by atoms with van der Waals surface area (Å²) in [5.74, 6) is 0. The number of hydrogen-bond acceptors (Lipinski definition) is 3. The molecule has 0 aliphatic carbocycles. The first kappa shape index (κ1) is 12.2. The molecule has 0 spiro atoms. The quantitative estimate of drug-likeness (QED) is 0.662. The van der Waals surface area contributed by atoms with Crippen molar-refractivity contribution in [1.29, 1.82) is 0 Å². The summed E-state index contributed by atoms with van der Waals surface area (Å²) in [6.45, 7) is 3.61. The van der Waals surface area contributed by atoms with Gasteiger partial charge < -0.3 is 16.2 Å². The van der Waals surface area contributed by atoms with Crippen LogP contribution in [-0.4, -0.2) is 16.7 Å². The van der Waals surface area contributed by atoms with Crippen LogP contribution in [0.25, 0.3) is 0 Å². The van der Waals surface area contributed by atoms with Gasteiger partial charge in [0.05, 0.1) is 4.99 Å². The average Bonchev–Trinajstić information content (AvgIpc) is 1.81. The van der Waals surface area contributed by atoms with Crippen molar-refractivity contribution in [2.24, 2.45) is 11.5 Å². The van der Waals surface area contributed by atoms with Crippen LogP contribution in [0.5, 0.6) is 0 Å². The van der Waals surface area contributed by atoms with E-state index in [0.717, 1.165) is 6.42 Å². The lowest BCUT2D eigenvalue weighted by Crippen LogP contribution is -2.31. The molecule has 0 fully saturated rings. The molecular formula is C8H16N2O2S. The normalized spacial score (nSPS) is 10.9. The summed E-state index contributed by atoms with van der Waals surface area (Å²) in [6.07, 6.45) is 1.42. The highest BCUT2D eigenvalue weighted by molar-refractivity contribution is 7.80. The Bertz CT molecular complexity index is 204. The fraction of sp³-hybridized carbons (Fsp3) is 0.750. The van der Waals surface area contributed by atoms with Gasteiger partial charge in [0.2, 0.25) is 0 Å². The first-order chi connectivity index (χ1) is 5.83. The van der Waals surface area contributed by atoms with E-state index in [4.69, 9.17) is 28.4 Å². The molecule has 0 saturated heterocycles. The second kappa shape index (κ2) is 5.01. The summed E-state index contributed by atoms with van der Waals surface area (Å²) in [6, 6.07) is 0. The van der Waals surface area contributed by atoms with E-state index in [1.54, 1.807) is 13.8 Å². The number of hydrogen-bond donors (Lipinski definition) is 2. The molecule has 0 aromatic rings. The van der Waals surface area contributed by atoms with Crippen molar-refractivity contribution in [1.82, 2.24) is 0 Å². The van der Waals surface area contributed by atoms with Crippen LogP contribution in [0.1, 0.15) is 33.1 Å². The van der Waals surface area contributed by atoms with E-state index in [-0.39, 0.29) is 0 Å². The number of carbonyl (C=O) groups excluding carboxylic acids is 1. The van der Waals surface area contributed by atoms with Gasteiger partial charge in [-0.1, -0.05) is 12.2 Å². The summed E-state index contributed by atoms with van der Waals surface area (Å²) in [7, 11) is 0. The Morgan fingerprint density at radius 2 is 2.00 bits per heavy atom. The van der Waals surface area contributed by atoms with Crippen molar-refractivity contribution in [3.05, 3.63) is 0 Å². The molecule has 0 aliphatic heterocycles. The predicted octanol–water partition coefficient (Wildman–Crippen LogP) is 1.32. The second-order valence-corrected chi connectivity index (χ2v) is 4.03. The zero-order chi connectivity index (χ0) is 10.5. The fourth-order valence-electron chi connectivity index (χ4n) is 1.01. The molecule has 0 saturated carbocycles. The van der Waals surface area contributed by atoms with E-state index in [2.05, 4.69) is 0 Å². The molecule has 0 bridgehead atoms. The van der Waals surface area contributed by atoms with Crippen LogP contribution < -0.4 is 11.5 Å². The highest BCUT2D eigenvalue weighted by Crippen LogP contribution is 2.17. The van der Waals surface area contributed by atoms with E-state index in [1.165, 1.54) is 0 Å². The Kier molecular flexibility index (Phi) is 4.69. The van der Waals surface area contributed by atoms with Crippen molar-refractivity contribution < 1.29 is 9.53 Å². The zero-order valence-electron chi connectivity index (χ0n) is 8.00. The molecule has 0 unspecified atom stereocenters. The molecule has 0 aromatic carbocycles. The minimum Gasteiger partial charge on any atom is -0.444 e. The number of ether oxygens (including phenoxy) is 1. The van der Waals surface area contributed by atoms with Crippen LogP contribution in [0.3, 0.4) is 0 Å². The summed E-state index contributed by atoms with van der Waals surface area (Å²) in [5, 5.41) is 0. The van der Waals surface area contributed by atoms with Crippen LogP contribution in [-0.2, 0) is 4.74 Å². The maximum atomic E-state index is 10.5. The van der Waals surface area contributed by atoms with Gasteiger partial charge in [-0.2, -0.15) is 0 Å². The second-order valence-electron chi connectivity index (χ2n) is 3.50. The van der Waals surface area contributed by atoms with Crippen molar-refractivity contribution in [2.75, 3.05) is 0 Å². The number of nitrogens with two attached hydrogens (primary N) is 2. The minimum atomic E-state index is -0.750. The minimum absolute atomic E-state index is 0.481.